The molecule has 0 radical (unpaired) electrons. The Balaban J connectivity index is 2.07. The van der Waals surface area contributed by atoms with Crippen LogP contribution in [0.15, 0.2) is 40.9 Å². The first kappa shape index (κ1) is 13.4. The molecule has 0 spiro atoms. The first-order valence-electron chi connectivity index (χ1n) is 6.13. The molecule has 0 unspecified atom stereocenters. The van der Waals surface area contributed by atoms with Gasteiger partial charge in [0.2, 0.25) is 0 Å². The Morgan fingerprint density at radius 2 is 1.89 bits per heavy atom. The molecule has 3 heteroatoms. The van der Waals surface area contributed by atoms with E-state index in [-0.39, 0.29) is 0 Å². The quantitative estimate of drug-likeness (QED) is 0.776. The number of fused-ring (bicyclic) bond motifs is 1. The van der Waals surface area contributed by atoms with Crippen molar-refractivity contribution in [2.24, 2.45) is 0 Å². The van der Waals surface area contributed by atoms with Crippen LogP contribution in [0.1, 0.15) is 6.42 Å². The zero-order chi connectivity index (χ0) is 13.0. The summed E-state index contributed by atoms with van der Waals surface area (Å²) in [6, 6.07) is 12.4. The molecule has 0 aliphatic rings. The summed E-state index contributed by atoms with van der Waals surface area (Å²) in [6.07, 6.45) is 1.03. The van der Waals surface area contributed by atoms with Crippen LogP contribution in [0.2, 0.25) is 0 Å². The van der Waals surface area contributed by atoms with Gasteiger partial charge in [-0.3, -0.25) is 0 Å². The van der Waals surface area contributed by atoms with Gasteiger partial charge in [-0.05, 0) is 53.3 Å². The Morgan fingerprint density at radius 3 is 2.67 bits per heavy atom. The van der Waals surface area contributed by atoms with Gasteiger partial charge in [0.25, 0.3) is 0 Å². The van der Waals surface area contributed by atoms with Gasteiger partial charge in [-0.15, -0.1) is 0 Å². The highest BCUT2D eigenvalue weighted by molar-refractivity contribution is 9.10. The van der Waals surface area contributed by atoms with Crippen LogP contribution in [-0.4, -0.2) is 32.1 Å². The van der Waals surface area contributed by atoms with E-state index in [1.165, 1.54) is 10.8 Å². The van der Waals surface area contributed by atoms with Crippen molar-refractivity contribution < 1.29 is 4.74 Å². The summed E-state index contributed by atoms with van der Waals surface area (Å²) >= 11 is 3.63. The lowest BCUT2D eigenvalue weighted by molar-refractivity contribution is 0.280. The fourth-order valence-corrected chi connectivity index (χ4v) is 2.50. The molecule has 0 aliphatic heterocycles. The second-order valence-electron chi connectivity index (χ2n) is 4.60. The highest BCUT2D eigenvalue weighted by Gasteiger charge is 2.05. The number of hydrogen-bond donors (Lipinski definition) is 0. The number of benzene rings is 2. The van der Waals surface area contributed by atoms with Crippen LogP contribution in [0, 0.1) is 0 Å². The van der Waals surface area contributed by atoms with Gasteiger partial charge in [0.15, 0.2) is 0 Å². The molecule has 0 aromatic heterocycles. The van der Waals surface area contributed by atoms with Crippen LogP contribution in [0.5, 0.6) is 5.75 Å². The summed E-state index contributed by atoms with van der Waals surface area (Å²) in [4.78, 5) is 2.17. The summed E-state index contributed by atoms with van der Waals surface area (Å²) in [7, 11) is 4.15. The Hall–Kier alpha value is -1.06. The molecule has 0 amide bonds. The van der Waals surface area contributed by atoms with E-state index in [0.717, 1.165) is 29.8 Å². The predicted octanol–water partition coefficient (Wildman–Crippen LogP) is 3.93. The molecule has 96 valence electrons. The molecule has 2 rings (SSSR count). The van der Waals surface area contributed by atoms with Crippen LogP contribution >= 0.6 is 15.9 Å². The molecule has 0 heterocycles. The lowest BCUT2D eigenvalue weighted by Gasteiger charge is -2.12. The number of ether oxygens (including phenoxy) is 1. The van der Waals surface area contributed by atoms with Crippen molar-refractivity contribution in [1.82, 2.24) is 4.90 Å². The standard InChI is InChI=1S/C15H18BrNO/c1-17(2)10-5-11-18-14-9-8-12-6-3-4-7-13(12)15(14)16/h3-4,6-9H,5,10-11H2,1-2H3. The molecule has 0 saturated carbocycles. The van der Waals surface area contributed by atoms with E-state index < -0.39 is 0 Å². The van der Waals surface area contributed by atoms with E-state index in [4.69, 9.17) is 4.74 Å². The molecule has 0 fully saturated rings. The van der Waals surface area contributed by atoms with Gasteiger partial charge in [-0.25, -0.2) is 0 Å². The van der Waals surface area contributed by atoms with Crippen LogP contribution < -0.4 is 4.74 Å². The van der Waals surface area contributed by atoms with E-state index in [1.54, 1.807) is 0 Å². The Kier molecular flexibility index (Phi) is 4.61. The summed E-state index contributed by atoms with van der Waals surface area (Å²) < 4.78 is 6.87. The third kappa shape index (κ3) is 3.24. The molecule has 0 aliphatic carbocycles. The number of nitrogens with zero attached hydrogens (tertiary/aromatic N) is 1. The summed E-state index contributed by atoms with van der Waals surface area (Å²) in [5.41, 5.74) is 0. The smallest absolute Gasteiger partial charge is 0.134 e. The first-order valence-corrected chi connectivity index (χ1v) is 6.92. The van der Waals surface area contributed by atoms with E-state index in [2.05, 4.69) is 53.1 Å². The van der Waals surface area contributed by atoms with Gasteiger partial charge >= 0.3 is 0 Å². The molecule has 0 N–H and O–H groups in total. The Labute approximate surface area is 117 Å². The predicted molar refractivity (Wildman–Crippen MR) is 80.3 cm³/mol. The van der Waals surface area contributed by atoms with Gasteiger partial charge in [0.1, 0.15) is 5.75 Å². The van der Waals surface area contributed by atoms with Gasteiger partial charge in [-0.1, -0.05) is 30.3 Å². The highest BCUT2D eigenvalue weighted by atomic mass is 79.9. The van der Waals surface area contributed by atoms with E-state index >= 15 is 0 Å². The van der Waals surface area contributed by atoms with Gasteiger partial charge in [0.05, 0.1) is 11.1 Å². The third-order valence-corrected chi connectivity index (χ3v) is 3.65. The third-order valence-electron chi connectivity index (χ3n) is 2.84. The molecule has 2 nitrogen and oxygen atoms in total. The number of halogens is 1. The zero-order valence-corrected chi connectivity index (χ0v) is 12.4. The van der Waals surface area contributed by atoms with E-state index in [1.807, 2.05) is 18.2 Å². The summed E-state index contributed by atoms with van der Waals surface area (Å²) in [5, 5.41) is 2.42. The van der Waals surface area contributed by atoms with Crippen LogP contribution in [-0.2, 0) is 0 Å². The highest BCUT2D eigenvalue weighted by Crippen LogP contribution is 2.32. The fourth-order valence-electron chi connectivity index (χ4n) is 1.89. The van der Waals surface area contributed by atoms with Crippen molar-refractivity contribution in [2.45, 2.75) is 6.42 Å². The molecular formula is C15H18BrNO. The Bertz CT molecular complexity index is 525. The maximum Gasteiger partial charge on any atom is 0.134 e. The van der Waals surface area contributed by atoms with Crippen molar-refractivity contribution in [3.05, 3.63) is 40.9 Å². The van der Waals surface area contributed by atoms with E-state index in [0.29, 0.717) is 0 Å². The number of hydrogen-bond acceptors (Lipinski definition) is 2. The lowest BCUT2D eigenvalue weighted by atomic mass is 10.1. The monoisotopic (exact) mass is 307 g/mol. The van der Waals surface area contributed by atoms with Crippen LogP contribution in [0.4, 0.5) is 0 Å². The molecular weight excluding hydrogens is 290 g/mol. The zero-order valence-electron chi connectivity index (χ0n) is 10.8. The fraction of sp³-hybridized carbons (Fsp3) is 0.333. The lowest BCUT2D eigenvalue weighted by Crippen LogP contribution is -2.15. The largest absolute Gasteiger partial charge is 0.492 e. The second-order valence-corrected chi connectivity index (χ2v) is 5.40. The van der Waals surface area contributed by atoms with Crippen LogP contribution in [0.25, 0.3) is 10.8 Å². The Morgan fingerprint density at radius 1 is 1.11 bits per heavy atom. The summed E-state index contributed by atoms with van der Waals surface area (Å²) in [6.45, 7) is 1.79. The van der Waals surface area contributed by atoms with Crippen molar-refractivity contribution in [3.63, 3.8) is 0 Å². The molecule has 2 aromatic rings. The van der Waals surface area contributed by atoms with Gasteiger partial charge in [-0.2, -0.15) is 0 Å². The molecule has 2 aromatic carbocycles. The van der Waals surface area contributed by atoms with Crippen molar-refractivity contribution >= 4 is 26.7 Å². The van der Waals surface area contributed by atoms with Gasteiger partial charge < -0.3 is 9.64 Å². The van der Waals surface area contributed by atoms with Crippen molar-refractivity contribution in [3.8, 4) is 5.75 Å². The maximum atomic E-state index is 5.82. The minimum absolute atomic E-state index is 0.745. The summed E-state index contributed by atoms with van der Waals surface area (Å²) in [5.74, 6) is 0.924. The molecule has 18 heavy (non-hydrogen) atoms. The maximum absolute atomic E-state index is 5.82. The van der Waals surface area contributed by atoms with E-state index in [9.17, 15) is 0 Å². The molecule has 0 bridgehead atoms. The average molecular weight is 308 g/mol. The molecule has 0 saturated heterocycles. The first-order chi connectivity index (χ1) is 8.68. The van der Waals surface area contributed by atoms with Crippen LogP contribution in [0.3, 0.4) is 0 Å². The second kappa shape index (κ2) is 6.21. The number of rotatable bonds is 5. The normalized spacial score (nSPS) is 11.1. The topological polar surface area (TPSA) is 12.5 Å². The molecule has 0 atom stereocenters. The average Bonchev–Trinajstić information content (AvgIpc) is 2.37. The van der Waals surface area contributed by atoms with Crippen molar-refractivity contribution in [2.75, 3.05) is 27.2 Å². The van der Waals surface area contributed by atoms with Crippen molar-refractivity contribution in [1.29, 1.82) is 0 Å². The van der Waals surface area contributed by atoms with Gasteiger partial charge in [0, 0.05) is 6.54 Å². The minimum Gasteiger partial charge on any atom is -0.492 e. The minimum atomic E-state index is 0.745. The SMILES string of the molecule is CN(C)CCCOc1ccc2ccccc2c1Br.